The maximum Gasteiger partial charge on any atom is 0.345 e. The standard InChI is InChI=1S/C31H30Cl2N2O5S/c1-2-3-7-21-10-12-23(13-11-21)34-29-19-24(40-30(31(36)37)18-22-8-5-4-6-9-22)14-17-28(29)35-41(38,39)25-15-16-26(32)27(33)20-25/h4-6,8-17,19-20,30,34-35H,2-3,7,18H2,1H3,(H,36,37). The third-order valence-electron chi connectivity index (χ3n) is 6.31. The van der Waals surface area contributed by atoms with Crippen molar-refractivity contribution < 1.29 is 23.1 Å². The van der Waals surface area contributed by atoms with Gasteiger partial charge in [-0.15, -0.1) is 0 Å². The molecule has 3 N–H and O–H groups in total. The number of unbranched alkanes of at least 4 members (excludes halogenated alkanes) is 1. The number of rotatable bonds is 13. The van der Waals surface area contributed by atoms with E-state index in [9.17, 15) is 18.3 Å². The summed E-state index contributed by atoms with van der Waals surface area (Å²) < 4.78 is 34.9. The molecule has 0 aliphatic rings. The zero-order valence-electron chi connectivity index (χ0n) is 22.3. The number of aliphatic carboxylic acids is 1. The van der Waals surface area contributed by atoms with E-state index in [4.69, 9.17) is 27.9 Å². The van der Waals surface area contributed by atoms with Crippen molar-refractivity contribution in [2.24, 2.45) is 0 Å². The number of ether oxygens (including phenoxy) is 1. The largest absolute Gasteiger partial charge is 0.478 e. The van der Waals surface area contributed by atoms with Crippen molar-refractivity contribution in [1.82, 2.24) is 0 Å². The fourth-order valence-corrected chi connectivity index (χ4v) is 5.57. The predicted octanol–water partition coefficient (Wildman–Crippen LogP) is 7.96. The first-order valence-corrected chi connectivity index (χ1v) is 15.3. The summed E-state index contributed by atoms with van der Waals surface area (Å²) in [5.74, 6) is -0.858. The lowest BCUT2D eigenvalue weighted by atomic mass is 10.1. The van der Waals surface area contributed by atoms with Gasteiger partial charge in [0.25, 0.3) is 10.0 Å². The monoisotopic (exact) mass is 612 g/mol. The molecule has 0 aromatic heterocycles. The Morgan fingerprint density at radius 2 is 1.61 bits per heavy atom. The fourth-order valence-electron chi connectivity index (χ4n) is 4.10. The minimum atomic E-state index is -4.04. The number of nitrogens with one attached hydrogen (secondary N) is 2. The Hall–Kier alpha value is -3.72. The first-order valence-electron chi connectivity index (χ1n) is 13.1. The summed E-state index contributed by atoms with van der Waals surface area (Å²) >= 11 is 12.0. The van der Waals surface area contributed by atoms with E-state index in [1.54, 1.807) is 6.07 Å². The average molecular weight is 614 g/mol. The number of sulfonamides is 1. The van der Waals surface area contributed by atoms with Gasteiger partial charge in [-0.05, 0) is 66.4 Å². The molecule has 4 rings (SSSR count). The summed E-state index contributed by atoms with van der Waals surface area (Å²) in [6, 6.07) is 25.7. The highest BCUT2D eigenvalue weighted by Crippen LogP contribution is 2.33. The van der Waals surface area contributed by atoms with Gasteiger partial charge in [-0.1, -0.05) is 79.0 Å². The van der Waals surface area contributed by atoms with E-state index in [1.807, 2.05) is 54.6 Å². The summed E-state index contributed by atoms with van der Waals surface area (Å²) in [7, 11) is -4.04. The van der Waals surface area contributed by atoms with Crippen molar-refractivity contribution >= 4 is 56.3 Å². The van der Waals surface area contributed by atoms with Gasteiger partial charge in [0.15, 0.2) is 6.10 Å². The van der Waals surface area contributed by atoms with Crippen molar-refractivity contribution in [2.75, 3.05) is 10.0 Å². The van der Waals surface area contributed by atoms with E-state index in [0.29, 0.717) is 5.69 Å². The number of carboxylic acids is 1. The van der Waals surface area contributed by atoms with E-state index in [1.165, 1.54) is 35.9 Å². The predicted molar refractivity (Wildman–Crippen MR) is 164 cm³/mol. The molecular weight excluding hydrogens is 583 g/mol. The summed E-state index contributed by atoms with van der Waals surface area (Å²) in [6.07, 6.45) is 2.15. The summed E-state index contributed by atoms with van der Waals surface area (Å²) in [5, 5.41) is 13.4. The van der Waals surface area contributed by atoms with E-state index in [2.05, 4.69) is 17.0 Å². The van der Waals surface area contributed by atoms with Crippen LogP contribution in [0.1, 0.15) is 30.9 Å². The van der Waals surface area contributed by atoms with Crippen LogP contribution in [0.25, 0.3) is 0 Å². The first-order chi connectivity index (χ1) is 19.6. The second-order valence-electron chi connectivity index (χ2n) is 9.45. The molecule has 0 heterocycles. The van der Waals surface area contributed by atoms with Crippen molar-refractivity contribution in [3.8, 4) is 5.75 Å². The highest BCUT2D eigenvalue weighted by Gasteiger charge is 2.22. The molecule has 4 aromatic carbocycles. The van der Waals surface area contributed by atoms with E-state index >= 15 is 0 Å². The van der Waals surface area contributed by atoms with Gasteiger partial charge in [0.05, 0.1) is 26.3 Å². The number of hydrogen-bond donors (Lipinski definition) is 3. The molecule has 7 nitrogen and oxygen atoms in total. The molecule has 0 fully saturated rings. The summed E-state index contributed by atoms with van der Waals surface area (Å²) in [4.78, 5) is 11.9. The lowest BCUT2D eigenvalue weighted by Crippen LogP contribution is -2.29. The third-order valence-corrected chi connectivity index (χ3v) is 8.41. The van der Waals surface area contributed by atoms with Crippen LogP contribution in [0, 0.1) is 0 Å². The van der Waals surface area contributed by atoms with Crippen LogP contribution >= 0.6 is 23.2 Å². The average Bonchev–Trinajstić information content (AvgIpc) is 2.95. The SMILES string of the molecule is CCCCc1ccc(Nc2cc(OC(Cc3ccccc3)C(=O)O)ccc2NS(=O)(=O)c2ccc(Cl)c(Cl)c2)cc1. The van der Waals surface area contributed by atoms with Crippen molar-refractivity contribution in [1.29, 1.82) is 0 Å². The number of hydrogen-bond acceptors (Lipinski definition) is 5. The Labute approximate surface area is 250 Å². The Morgan fingerprint density at radius 1 is 0.878 bits per heavy atom. The second kappa shape index (κ2) is 13.8. The summed E-state index contributed by atoms with van der Waals surface area (Å²) in [6.45, 7) is 2.14. The Bertz CT molecular complexity index is 1600. The molecular formula is C31H30Cl2N2O5S. The number of halogens is 2. The van der Waals surface area contributed by atoms with Crippen LogP contribution < -0.4 is 14.8 Å². The zero-order valence-corrected chi connectivity index (χ0v) is 24.6. The lowest BCUT2D eigenvalue weighted by molar-refractivity contribution is -0.145. The fraction of sp³-hybridized carbons (Fsp3) is 0.194. The van der Waals surface area contributed by atoms with E-state index < -0.39 is 22.1 Å². The Kier molecular flexibility index (Phi) is 10.2. The number of anilines is 3. The van der Waals surface area contributed by atoms with Gasteiger partial charge in [-0.2, -0.15) is 0 Å². The highest BCUT2D eigenvalue weighted by molar-refractivity contribution is 7.92. The van der Waals surface area contributed by atoms with Crippen molar-refractivity contribution in [3.05, 3.63) is 112 Å². The smallest absolute Gasteiger partial charge is 0.345 e. The quantitative estimate of drug-likeness (QED) is 0.141. The molecule has 0 amide bonds. The van der Waals surface area contributed by atoms with Crippen LogP contribution in [0.4, 0.5) is 17.1 Å². The molecule has 10 heteroatoms. The highest BCUT2D eigenvalue weighted by atomic mass is 35.5. The second-order valence-corrected chi connectivity index (χ2v) is 11.9. The van der Waals surface area contributed by atoms with Gasteiger partial charge in [-0.3, -0.25) is 4.72 Å². The normalized spacial score (nSPS) is 12.0. The molecule has 0 bridgehead atoms. The van der Waals surface area contributed by atoms with Crippen LogP contribution in [-0.2, 0) is 27.7 Å². The zero-order chi connectivity index (χ0) is 29.4. The number of benzene rings is 4. The van der Waals surface area contributed by atoms with Gasteiger partial charge in [0.1, 0.15) is 5.75 Å². The van der Waals surface area contributed by atoms with E-state index in [0.717, 1.165) is 30.5 Å². The number of carboxylic acid groups (broad SMARTS) is 1. The minimum Gasteiger partial charge on any atom is -0.478 e. The van der Waals surface area contributed by atoms with E-state index in [-0.39, 0.29) is 32.8 Å². The lowest BCUT2D eigenvalue weighted by Gasteiger charge is -2.19. The molecule has 1 atom stereocenters. The number of carbonyl (C=O) groups is 1. The van der Waals surface area contributed by atoms with Gasteiger partial charge in [-0.25, -0.2) is 13.2 Å². The molecule has 0 aliphatic carbocycles. The molecule has 0 aliphatic heterocycles. The molecule has 0 saturated carbocycles. The van der Waals surface area contributed by atoms with Gasteiger partial charge < -0.3 is 15.2 Å². The molecule has 0 spiro atoms. The van der Waals surface area contributed by atoms with Crippen molar-refractivity contribution in [3.63, 3.8) is 0 Å². The third kappa shape index (κ3) is 8.39. The molecule has 0 saturated heterocycles. The van der Waals surface area contributed by atoms with Crippen LogP contribution in [0.5, 0.6) is 5.75 Å². The number of aryl methyl sites for hydroxylation is 1. The van der Waals surface area contributed by atoms with Gasteiger partial charge in [0.2, 0.25) is 0 Å². The van der Waals surface area contributed by atoms with Crippen LogP contribution in [0.2, 0.25) is 10.0 Å². The maximum absolute atomic E-state index is 13.2. The van der Waals surface area contributed by atoms with Crippen LogP contribution in [-0.4, -0.2) is 25.6 Å². The maximum atomic E-state index is 13.2. The first kappa shape index (κ1) is 30.2. The molecule has 214 valence electrons. The Morgan fingerprint density at radius 3 is 2.27 bits per heavy atom. The van der Waals surface area contributed by atoms with Crippen LogP contribution in [0.3, 0.4) is 0 Å². The topological polar surface area (TPSA) is 105 Å². The molecule has 1 unspecified atom stereocenters. The minimum absolute atomic E-state index is 0.0627. The molecule has 4 aromatic rings. The van der Waals surface area contributed by atoms with Gasteiger partial charge >= 0.3 is 5.97 Å². The summed E-state index contributed by atoms with van der Waals surface area (Å²) in [5.41, 5.74) is 3.33. The Balaban J connectivity index is 1.65. The van der Waals surface area contributed by atoms with Gasteiger partial charge in [0, 0.05) is 18.2 Å². The molecule has 0 radical (unpaired) electrons. The molecule has 41 heavy (non-hydrogen) atoms. The van der Waals surface area contributed by atoms with Crippen molar-refractivity contribution in [2.45, 2.75) is 43.6 Å². The van der Waals surface area contributed by atoms with Crippen LogP contribution in [0.15, 0.2) is 95.9 Å².